The lowest BCUT2D eigenvalue weighted by Gasteiger charge is -2.19. The second-order valence-corrected chi connectivity index (χ2v) is 6.64. The highest BCUT2D eigenvalue weighted by atomic mass is 16.7. The molecule has 1 aliphatic heterocycles. The topological polar surface area (TPSA) is 72.7 Å². The van der Waals surface area contributed by atoms with Crippen molar-refractivity contribution < 1.29 is 18.7 Å². The summed E-state index contributed by atoms with van der Waals surface area (Å²) in [5, 5.41) is 6.30. The molecule has 6 heteroatoms. The van der Waals surface area contributed by atoms with Gasteiger partial charge in [0.15, 0.2) is 11.5 Å². The molecule has 0 unspecified atom stereocenters. The van der Waals surface area contributed by atoms with Crippen molar-refractivity contribution in [2.45, 2.75) is 19.0 Å². The molecule has 1 aromatic heterocycles. The van der Waals surface area contributed by atoms with E-state index in [2.05, 4.69) is 10.6 Å². The van der Waals surface area contributed by atoms with Crippen LogP contribution in [0.25, 0.3) is 0 Å². The SMILES string of the molecule is C[C@H](NC(=O)CN[C@H](c1ccccc1)c1ccco1)c1ccc2c(c1)OCO2. The van der Waals surface area contributed by atoms with Crippen LogP contribution in [0, 0.1) is 0 Å². The van der Waals surface area contributed by atoms with Crippen LogP contribution in [-0.4, -0.2) is 19.2 Å². The fourth-order valence-corrected chi connectivity index (χ4v) is 3.24. The Bertz CT molecular complexity index is 925. The molecule has 4 rings (SSSR count). The van der Waals surface area contributed by atoms with Crippen molar-refractivity contribution in [3.63, 3.8) is 0 Å². The zero-order valence-electron chi connectivity index (χ0n) is 15.6. The molecule has 6 nitrogen and oxygen atoms in total. The third-order valence-corrected chi connectivity index (χ3v) is 4.70. The summed E-state index contributed by atoms with van der Waals surface area (Å²) in [5.41, 5.74) is 2.00. The van der Waals surface area contributed by atoms with Gasteiger partial charge in [-0.25, -0.2) is 0 Å². The minimum atomic E-state index is -0.192. The average molecular weight is 378 g/mol. The normalized spacial score (nSPS) is 14.5. The Morgan fingerprint density at radius 1 is 1.00 bits per heavy atom. The van der Waals surface area contributed by atoms with Gasteiger partial charge in [0.2, 0.25) is 12.7 Å². The van der Waals surface area contributed by atoms with Crippen molar-refractivity contribution >= 4 is 5.91 Å². The molecule has 0 bridgehead atoms. The van der Waals surface area contributed by atoms with Gasteiger partial charge in [0.1, 0.15) is 5.76 Å². The number of ether oxygens (including phenoxy) is 2. The van der Waals surface area contributed by atoms with Crippen LogP contribution in [0.15, 0.2) is 71.3 Å². The molecular weight excluding hydrogens is 356 g/mol. The van der Waals surface area contributed by atoms with Gasteiger partial charge in [-0.15, -0.1) is 0 Å². The molecule has 2 aromatic carbocycles. The van der Waals surface area contributed by atoms with E-state index in [4.69, 9.17) is 13.9 Å². The lowest BCUT2D eigenvalue weighted by atomic mass is 10.0. The number of benzene rings is 2. The van der Waals surface area contributed by atoms with E-state index < -0.39 is 0 Å². The first-order valence-corrected chi connectivity index (χ1v) is 9.21. The van der Waals surface area contributed by atoms with Gasteiger partial charge in [0.25, 0.3) is 0 Å². The van der Waals surface area contributed by atoms with Gasteiger partial charge in [-0.1, -0.05) is 36.4 Å². The zero-order valence-corrected chi connectivity index (χ0v) is 15.6. The van der Waals surface area contributed by atoms with Gasteiger partial charge in [-0.2, -0.15) is 0 Å². The Hall–Kier alpha value is -3.25. The first-order valence-electron chi connectivity index (χ1n) is 9.21. The van der Waals surface area contributed by atoms with Crippen LogP contribution in [0.1, 0.15) is 35.9 Å². The van der Waals surface area contributed by atoms with Crippen LogP contribution in [0.3, 0.4) is 0 Å². The van der Waals surface area contributed by atoms with E-state index in [0.29, 0.717) is 5.75 Å². The van der Waals surface area contributed by atoms with Gasteiger partial charge in [-0.05, 0) is 42.3 Å². The molecule has 1 amide bonds. The number of hydrogen-bond acceptors (Lipinski definition) is 5. The minimum Gasteiger partial charge on any atom is -0.467 e. The van der Waals surface area contributed by atoms with E-state index in [-0.39, 0.29) is 31.3 Å². The summed E-state index contributed by atoms with van der Waals surface area (Å²) in [7, 11) is 0. The Labute approximate surface area is 163 Å². The second-order valence-electron chi connectivity index (χ2n) is 6.64. The fourth-order valence-electron chi connectivity index (χ4n) is 3.24. The molecule has 1 aliphatic rings. The summed E-state index contributed by atoms with van der Waals surface area (Å²) >= 11 is 0. The number of nitrogens with one attached hydrogen (secondary N) is 2. The summed E-state index contributed by atoms with van der Waals surface area (Å²) in [6.45, 7) is 2.34. The highest BCUT2D eigenvalue weighted by Crippen LogP contribution is 2.34. The third-order valence-electron chi connectivity index (χ3n) is 4.70. The van der Waals surface area contributed by atoms with Crippen molar-refractivity contribution in [2.24, 2.45) is 0 Å². The lowest BCUT2D eigenvalue weighted by Crippen LogP contribution is -2.37. The summed E-state index contributed by atoms with van der Waals surface area (Å²) in [5.74, 6) is 2.10. The maximum absolute atomic E-state index is 12.5. The van der Waals surface area contributed by atoms with Crippen LogP contribution >= 0.6 is 0 Å². The van der Waals surface area contributed by atoms with E-state index in [0.717, 1.165) is 22.6 Å². The van der Waals surface area contributed by atoms with Crippen molar-refractivity contribution in [3.8, 4) is 11.5 Å². The van der Waals surface area contributed by atoms with Crippen LogP contribution in [0.2, 0.25) is 0 Å². The number of amides is 1. The summed E-state index contributed by atoms with van der Waals surface area (Å²) in [6, 6.07) is 19.0. The highest BCUT2D eigenvalue weighted by molar-refractivity contribution is 5.78. The summed E-state index contributed by atoms with van der Waals surface area (Å²) in [4.78, 5) is 12.5. The minimum absolute atomic E-state index is 0.0994. The largest absolute Gasteiger partial charge is 0.467 e. The molecule has 0 aliphatic carbocycles. The first-order chi connectivity index (χ1) is 13.7. The number of rotatable bonds is 7. The number of carbonyl (C=O) groups excluding carboxylic acids is 1. The predicted molar refractivity (Wildman–Crippen MR) is 104 cm³/mol. The van der Waals surface area contributed by atoms with E-state index >= 15 is 0 Å². The zero-order chi connectivity index (χ0) is 19.3. The molecule has 2 N–H and O–H groups in total. The molecule has 0 fully saturated rings. The Morgan fingerprint density at radius 3 is 2.61 bits per heavy atom. The van der Waals surface area contributed by atoms with Gasteiger partial charge in [0, 0.05) is 0 Å². The monoisotopic (exact) mass is 378 g/mol. The predicted octanol–water partition coefficient (Wildman–Crippen LogP) is 3.56. The van der Waals surface area contributed by atoms with Crippen LogP contribution < -0.4 is 20.1 Å². The first kappa shape index (κ1) is 18.1. The Morgan fingerprint density at radius 2 is 1.82 bits per heavy atom. The molecular formula is C22H22N2O4. The molecule has 0 saturated carbocycles. The quantitative estimate of drug-likeness (QED) is 0.658. The second kappa shape index (κ2) is 8.19. The lowest BCUT2D eigenvalue weighted by molar-refractivity contribution is -0.121. The smallest absolute Gasteiger partial charge is 0.234 e. The standard InChI is InChI=1S/C22H22N2O4/c1-15(17-9-10-18-20(12-17)28-14-27-18)24-21(25)13-23-22(19-8-5-11-26-19)16-6-3-2-4-7-16/h2-12,15,22-23H,13-14H2,1H3,(H,24,25)/t15-,22+/m0/s1. The van der Waals surface area contributed by atoms with Crippen molar-refractivity contribution in [1.29, 1.82) is 0 Å². The third kappa shape index (κ3) is 4.02. The maximum Gasteiger partial charge on any atom is 0.234 e. The average Bonchev–Trinajstić information content (AvgIpc) is 3.40. The van der Waals surface area contributed by atoms with Crippen LogP contribution in [0.5, 0.6) is 11.5 Å². The molecule has 0 radical (unpaired) electrons. The molecule has 3 aromatic rings. The van der Waals surface area contributed by atoms with Crippen LogP contribution in [-0.2, 0) is 4.79 Å². The van der Waals surface area contributed by atoms with Crippen LogP contribution in [0.4, 0.5) is 0 Å². The summed E-state index contributed by atoms with van der Waals surface area (Å²) in [6.07, 6.45) is 1.63. The Balaban J connectivity index is 1.38. The maximum atomic E-state index is 12.5. The number of fused-ring (bicyclic) bond motifs is 1. The molecule has 2 atom stereocenters. The van der Waals surface area contributed by atoms with Crippen molar-refractivity contribution in [3.05, 3.63) is 83.8 Å². The summed E-state index contributed by atoms with van der Waals surface area (Å²) < 4.78 is 16.3. The molecule has 0 spiro atoms. The molecule has 0 saturated heterocycles. The fraction of sp³-hybridized carbons (Fsp3) is 0.227. The van der Waals surface area contributed by atoms with E-state index in [1.165, 1.54) is 0 Å². The van der Waals surface area contributed by atoms with Gasteiger partial charge in [0.05, 0.1) is 24.9 Å². The van der Waals surface area contributed by atoms with E-state index in [9.17, 15) is 4.79 Å². The molecule has 28 heavy (non-hydrogen) atoms. The van der Waals surface area contributed by atoms with Gasteiger partial charge >= 0.3 is 0 Å². The molecule has 2 heterocycles. The highest BCUT2D eigenvalue weighted by Gasteiger charge is 2.19. The van der Waals surface area contributed by atoms with Crippen molar-refractivity contribution in [2.75, 3.05) is 13.3 Å². The van der Waals surface area contributed by atoms with E-state index in [1.807, 2.05) is 67.6 Å². The molecule has 144 valence electrons. The van der Waals surface area contributed by atoms with Gasteiger partial charge < -0.3 is 19.2 Å². The Kier molecular flexibility index (Phi) is 5.30. The number of furan rings is 1. The van der Waals surface area contributed by atoms with E-state index in [1.54, 1.807) is 6.26 Å². The van der Waals surface area contributed by atoms with Gasteiger partial charge in [-0.3, -0.25) is 10.1 Å². The number of hydrogen-bond donors (Lipinski definition) is 2. The van der Waals surface area contributed by atoms with Crippen molar-refractivity contribution in [1.82, 2.24) is 10.6 Å². The number of carbonyl (C=O) groups is 1.